The van der Waals surface area contributed by atoms with Crippen molar-refractivity contribution in [3.63, 3.8) is 0 Å². The number of carbonyl (C=O) groups is 2. The number of para-hydroxylation sites is 1. The van der Waals surface area contributed by atoms with Gasteiger partial charge < -0.3 is 10.6 Å². The molecule has 0 saturated carbocycles. The van der Waals surface area contributed by atoms with Gasteiger partial charge in [0, 0.05) is 25.7 Å². The highest BCUT2D eigenvalue weighted by molar-refractivity contribution is 7.89. The quantitative estimate of drug-likeness (QED) is 0.779. The maximum Gasteiger partial charge on any atom is 0.243 e. The van der Waals surface area contributed by atoms with E-state index in [2.05, 4.69) is 10.6 Å². The fourth-order valence-electron chi connectivity index (χ4n) is 3.23. The summed E-state index contributed by atoms with van der Waals surface area (Å²) in [5.74, 6) is -1.77. The number of piperidine rings is 1. The number of nitrogens with zero attached hydrogens (tertiary/aromatic N) is 1. The molecule has 1 heterocycles. The van der Waals surface area contributed by atoms with E-state index in [9.17, 15) is 22.4 Å². The van der Waals surface area contributed by atoms with Crippen LogP contribution in [0.2, 0.25) is 0 Å². The Bertz CT molecular complexity index is 1010. The Balaban J connectivity index is 1.71. The van der Waals surface area contributed by atoms with E-state index in [1.807, 2.05) is 0 Å². The molecule has 0 aliphatic carbocycles. The molecular weight excluding hydrogens is 397 g/mol. The van der Waals surface area contributed by atoms with Gasteiger partial charge in [0.2, 0.25) is 21.8 Å². The van der Waals surface area contributed by atoms with Gasteiger partial charge in [-0.1, -0.05) is 12.1 Å². The van der Waals surface area contributed by atoms with Crippen LogP contribution in [-0.2, 0) is 19.6 Å². The minimum Gasteiger partial charge on any atom is -0.326 e. The minimum absolute atomic E-state index is 0.0239. The lowest BCUT2D eigenvalue weighted by atomic mass is 9.98. The number of amides is 2. The largest absolute Gasteiger partial charge is 0.326 e. The van der Waals surface area contributed by atoms with Gasteiger partial charge in [-0.25, -0.2) is 12.8 Å². The molecule has 2 amide bonds. The van der Waals surface area contributed by atoms with E-state index in [0.717, 1.165) is 0 Å². The lowest BCUT2D eigenvalue weighted by Crippen LogP contribution is -2.43. The molecule has 2 aromatic rings. The first kappa shape index (κ1) is 20.9. The lowest BCUT2D eigenvalue weighted by molar-refractivity contribution is -0.121. The van der Waals surface area contributed by atoms with Crippen molar-refractivity contribution in [2.45, 2.75) is 24.7 Å². The van der Waals surface area contributed by atoms with Gasteiger partial charge in [0.25, 0.3) is 0 Å². The normalized spacial score (nSPS) is 17.5. The lowest BCUT2D eigenvalue weighted by Gasteiger charge is -2.31. The highest BCUT2D eigenvalue weighted by atomic mass is 32.2. The van der Waals surface area contributed by atoms with Crippen LogP contribution in [0.15, 0.2) is 53.4 Å². The SMILES string of the molecule is CC(=O)Nc1ccc(S(=O)(=O)N2CCCC(C(=O)Nc3ccccc3F)C2)cc1. The molecule has 2 N–H and O–H groups in total. The van der Waals surface area contributed by atoms with Gasteiger partial charge in [-0.05, 0) is 49.2 Å². The molecule has 9 heteroatoms. The predicted octanol–water partition coefficient (Wildman–Crippen LogP) is 2.82. The van der Waals surface area contributed by atoms with E-state index >= 15 is 0 Å². The molecule has 1 aliphatic heterocycles. The molecule has 1 atom stereocenters. The molecule has 1 unspecified atom stereocenters. The van der Waals surface area contributed by atoms with Crippen molar-refractivity contribution >= 4 is 33.2 Å². The third kappa shape index (κ3) is 4.99. The molecule has 7 nitrogen and oxygen atoms in total. The topological polar surface area (TPSA) is 95.6 Å². The predicted molar refractivity (Wildman–Crippen MR) is 107 cm³/mol. The Labute approximate surface area is 169 Å². The highest BCUT2D eigenvalue weighted by Crippen LogP contribution is 2.26. The zero-order valence-corrected chi connectivity index (χ0v) is 16.7. The van der Waals surface area contributed by atoms with E-state index in [0.29, 0.717) is 25.1 Å². The second-order valence-electron chi connectivity index (χ2n) is 6.88. The number of nitrogens with one attached hydrogen (secondary N) is 2. The number of sulfonamides is 1. The molecule has 1 saturated heterocycles. The number of carbonyl (C=O) groups excluding carboxylic acids is 2. The number of rotatable bonds is 5. The van der Waals surface area contributed by atoms with Crippen LogP contribution in [0.3, 0.4) is 0 Å². The van der Waals surface area contributed by atoms with Crippen LogP contribution < -0.4 is 10.6 Å². The number of anilines is 2. The molecular formula is C20H22FN3O4S. The first-order valence-electron chi connectivity index (χ1n) is 9.20. The molecule has 154 valence electrons. The van der Waals surface area contributed by atoms with Gasteiger partial charge in [0.15, 0.2) is 0 Å². The van der Waals surface area contributed by atoms with Gasteiger partial charge in [-0.2, -0.15) is 4.31 Å². The summed E-state index contributed by atoms with van der Waals surface area (Å²) >= 11 is 0. The molecule has 3 rings (SSSR count). The van der Waals surface area contributed by atoms with Crippen molar-refractivity contribution in [1.29, 1.82) is 0 Å². The van der Waals surface area contributed by atoms with Gasteiger partial charge in [-0.15, -0.1) is 0 Å². The van der Waals surface area contributed by atoms with Crippen molar-refractivity contribution in [2.24, 2.45) is 5.92 Å². The number of hydrogen-bond donors (Lipinski definition) is 2. The van der Waals surface area contributed by atoms with Crippen LogP contribution in [0.25, 0.3) is 0 Å². The summed E-state index contributed by atoms with van der Waals surface area (Å²) in [5, 5.41) is 5.12. The fourth-order valence-corrected chi connectivity index (χ4v) is 4.76. The van der Waals surface area contributed by atoms with E-state index in [1.165, 1.54) is 53.7 Å². The van der Waals surface area contributed by atoms with Crippen molar-refractivity contribution in [2.75, 3.05) is 23.7 Å². The molecule has 0 bridgehead atoms. The summed E-state index contributed by atoms with van der Waals surface area (Å²) in [6.45, 7) is 1.69. The molecule has 29 heavy (non-hydrogen) atoms. The van der Waals surface area contributed by atoms with Crippen LogP contribution in [0.1, 0.15) is 19.8 Å². The van der Waals surface area contributed by atoms with Crippen LogP contribution in [0.5, 0.6) is 0 Å². The Morgan fingerprint density at radius 1 is 1.07 bits per heavy atom. The number of benzene rings is 2. The summed E-state index contributed by atoms with van der Waals surface area (Å²) in [6.07, 6.45) is 1.05. The number of halogens is 1. The standard InChI is InChI=1S/C20H22FN3O4S/c1-14(25)22-16-8-10-17(11-9-16)29(27,28)24-12-4-5-15(13-24)20(26)23-19-7-3-2-6-18(19)21/h2-3,6-11,15H,4-5,12-13H2,1H3,(H,22,25)(H,23,26). The third-order valence-electron chi connectivity index (χ3n) is 4.70. The number of hydrogen-bond acceptors (Lipinski definition) is 4. The van der Waals surface area contributed by atoms with Crippen LogP contribution in [-0.4, -0.2) is 37.6 Å². The zero-order valence-electron chi connectivity index (χ0n) is 15.9. The van der Waals surface area contributed by atoms with Crippen molar-refractivity contribution in [3.05, 3.63) is 54.3 Å². The Morgan fingerprint density at radius 3 is 2.41 bits per heavy atom. The average Bonchev–Trinajstić information content (AvgIpc) is 2.70. The summed E-state index contributed by atoms with van der Waals surface area (Å²) in [7, 11) is -3.79. The van der Waals surface area contributed by atoms with E-state index in [1.54, 1.807) is 6.07 Å². The van der Waals surface area contributed by atoms with E-state index in [-0.39, 0.29) is 23.0 Å². The summed E-state index contributed by atoms with van der Waals surface area (Å²) in [5.41, 5.74) is 0.572. The maximum absolute atomic E-state index is 13.8. The summed E-state index contributed by atoms with van der Waals surface area (Å²) < 4.78 is 40.9. The van der Waals surface area contributed by atoms with E-state index in [4.69, 9.17) is 0 Å². The maximum atomic E-state index is 13.8. The molecule has 0 spiro atoms. The van der Waals surface area contributed by atoms with Gasteiger partial charge in [0.1, 0.15) is 5.82 Å². The fraction of sp³-hybridized carbons (Fsp3) is 0.300. The first-order chi connectivity index (χ1) is 13.8. The molecule has 1 fully saturated rings. The smallest absolute Gasteiger partial charge is 0.243 e. The summed E-state index contributed by atoms with van der Waals surface area (Å²) in [4.78, 5) is 23.7. The Morgan fingerprint density at radius 2 is 1.76 bits per heavy atom. The molecule has 0 radical (unpaired) electrons. The second-order valence-corrected chi connectivity index (χ2v) is 8.81. The van der Waals surface area contributed by atoms with Crippen molar-refractivity contribution in [1.82, 2.24) is 4.31 Å². The first-order valence-corrected chi connectivity index (χ1v) is 10.6. The van der Waals surface area contributed by atoms with Crippen molar-refractivity contribution in [3.8, 4) is 0 Å². The molecule has 2 aromatic carbocycles. The van der Waals surface area contributed by atoms with E-state index < -0.39 is 27.7 Å². The van der Waals surface area contributed by atoms with Crippen LogP contribution in [0.4, 0.5) is 15.8 Å². The third-order valence-corrected chi connectivity index (χ3v) is 6.58. The minimum atomic E-state index is -3.79. The molecule has 0 aromatic heterocycles. The average molecular weight is 419 g/mol. The molecule has 1 aliphatic rings. The highest BCUT2D eigenvalue weighted by Gasteiger charge is 2.33. The Kier molecular flexibility index (Phi) is 6.29. The Hall–Kier alpha value is -2.78. The monoisotopic (exact) mass is 419 g/mol. The van der Waals surface area contributed by atoms with Gasteiger partial charge >= 0.3 is 0 Å². The zero-order chi connectivity index (χ0) is 21.0. The van der Waals surface area contributed by atoms with Gasteiger partial charge in [-0.3, -0.25) is 9.59 Å². The van der Waals surface area contributed by atoms with Gasteiger partial charge in [0.05, 0.1) is 16.5 Å². The summed E-state index contributed by atoms with van der Waals surface area (Å²) in [6, 6.07) is 11.7. The van der Waals surface area contributed by atoms with Crippen molar-refractivity contribution < 1.29 is 22.4 Å². The van der Waals surface area contributed by atoms with Crippen LogP contribution >= 0.6 is 0 Å². The van der Waals surface area contributed by atoms with Crippen LogP contribution in [0, 0.1) is 11.7 Å². The second kappa shape index (κ2) is 8.71.